The Morgan fingerprint density at radius 1 is 1.39 bits per heavy atom. The highest BCUT2D eigenvalue weighted by atomic mass is 35.5. The monoisotopic (exact) mass is 362 g/mol. The zero-order valence-corrected chi connectivity index (χ0v) is 14.9. The third-order valence-corrected chi connectivity index (χ3v) is 5.48. The van der Waals surface area contributed by atoms with Crippen LogP contribution in [-0.4, -0.2) is 33.4 Å². The highest BCUT2D eigenvalue weighted by Gasteiger charge is 2.25. The van der Waals surface area contributed by atoms with E-state index in [4.69, 9.17) is 4.74 Å². The second kappa shape index (κ2) is 8.52. The standard InChI is InChI=1S/C15H22N2O4S.ClH/c1-3-21-15(18)17-11-7-8-14(22(19,20)4-2)12(10-11)13-6-5-9-16-13;/h7-8,10,13,16H,3-6,9H2,1-2H3,(H,17,18);1H/t13-;/m1./s1. The largest absolute Gasteiger partial charge is 0.450 e. The lowest BCUT2D eigenvalue weighted by Crippen LogP contribution is -2.19. The van der Waals surface area contributed by atoms with Gasteiger partial charge in [0.15, 0.2) is 9.84 Å². The zero-order valence-electron chi connectivity index (χ0n) is 13.3. The molecule has 1 aromatic carbocycles. The van der Waals surface area contributed by atoms with Gasteiger partial charge in [-0.15, -0.1) is 12.4 Å². The smallest absolute Gasteiger partial charge is 0.411 e. The number of rotatable bonds is 5. The van der Waals surface area contributed by atoms with E-state index in [2.05, 4.69) is 10.6 Å². The van der Waals surface area contributed by atoms with Crippen LogP contribution in [0.5, 0.6) is 0 Å². The van der Waals surface area contributed by atoms with Gasteiger partial charge in [0, 0.05) is 11.7 Å². The molecule has 23 heavy (non-hydrogen) atoms. The van der Waals surface area contributed by atoms with E-state index in [9.17, 15) is 13.2 Å². The maximum Gasteiger partial charge on any atom is 0.411 e. The van der Waals surface area contributed by atoms with Crippen LogP contribution in [-0.2, 0) is 14.6 Å². The van der Waals surface area contributed by atoms with E-state index in [-0.39, 0.29) is 30.8 Å². The van der Waals surface area contributed by atoms with Gasteiger partial charge in [-0.2, -0.15) is 0 Å². The summed E-state index contributed by atoms with van der Waals surface area (Å²) >= 11 is 0. The van der Waals surface area contributed by atoms with Crippen molar-refractivity contribution in [3.05, 3.63) is 23.8 Å². The predicted molar refractivity (Wildman–Crippen MR) is 92.0 cm³/mol. The Hall–Kier alpha value is -1.31. The van der Waals surface area contributed by atoms with Crippen molar-refractivity contribution in [3.63, 3.8) is 0 Å². The van der Waals surface area contributed by atoms with Crippen molar-refractivity contribution >= 4 is 34.0 Å². The van der Waals surface area contributed by atoms with E-state index in [1.165, 1.54) is 0 Å². The van der Waals surface area contributed by atoms with Crippen LogP contribution in [0.4, 0.5) is 10.5 Å². The molecule has 2 rings (SSSR count). The normalized spacial score (nSPS) is 17.4. The van der Waals surface area contributed by atoms with E-state index in [0.717, 1.165) is 19.4 Å². The Kier molecular flexibility index (Phi) is 7.31. The minimum atomic E-state index is -3.31. The van der Waals surface area contributed by atoms with Crippen molar-refractivity contribution in [3.8, 4) is 0 Å². The van der Waals surface area contributed by atoms with Crippen molar-refractivity contribution in [1.29, 1.82) is 0 Å². The van der Waals surface area contributed by atoms with E-state index in [1.807, 2.05) is 0 Å². The van der Waals surface area contributed by atoms with Crippen LogP contribution in [0.3, 0.4) is 0 Å². The van der Waals surface area contributed by atoms with Crippen molar-refractivity contribution in [1.82, 2.24) is 5.32 Å². The van der Waals surface area contributed by atoms with Gasteiger partial charge < -0.3 is 10.1 Å². The molecule has 0 bridgehead atoms. The molecule has 0 aromatic heterocycles. The molecular weight excluding hydrogens is 340 g/mol. The fourth-order valence-electron chi connectivity index (χ4n) is 2.57. The van der Waals surface area contributed by atoms with Crippen LogP contribution in [0.25, 0.3) is 0 Å². The molecular formula is C15H23ClN2O4S. The van der Waals surface area contributed by atoms with E-state index in [0.29, 0.717) is 16.1 Å². The minimum Gasteiger partial charge on any atom is -0.450 e. The fourth-order valence-corrected chi connectivity index (χ4v) is 3.72. The molecule has 6 nitrogen and oxygen atoms in total. The summed E-state index contributed by atoms with van der Waals surface area (Å²) in [6.45, 7) is 4.51. The van der Waals surface area contributed by atoms with Gasteiger partial charge in [-0.05, 0) is 50.1 Å². The second-order valence-corrected chi connectivity index (χ2v) is 7.40. The van der Waals surface area contributed by atoms with E-state index in [1.54, 1.807) is 32.0 Å². The molecule has 0 saturated carbocycles. The summed E-state index contributed by atoms with van der Waals surface area (Å²) in [6, 6.07) is 4.89. The Morgan fingerprint density at radius 3 is 2.70 bits per heavy atom. The van der Waals surface area contributed by atoms with Crippen molar-refractivity contribution in [2.24, 2.45) is 0 Å². The molecule has 130 valence electrons. The van der Waals surface area contributed by atoms with Crippen LogP contribution in [0.1, 0.15) is 38.3 Å². The predicted octanol–water partition coefficient (Wildman–Crippen LogP) is 2.89. The SMILES string of the molecule is CCOC(=O)Nc1ccc(S(=O)(=O)CC)c([C@H]2CCCN2)c1.Cl. The molecule has 1 aromatic rings. The molecule has 1 atom stereocenters. The molecule has 0 unspecified atom stereocenters. The van der Waals surface area contributed by atoms with Gasteiger partial charge in [0.2, 0.25) is 0 Å². The second-order valence-electron chi connectivity index (χ2n) is 5.15. The number of hydrogen-bond acceptors (Lipinski definition) is 5. The minimum absolute atomic E-state index is 0. The number of benzene rings is 1. The summed E-state index contributed by atoms with van der Waals surface area (Å²) in [5.74, 6) is 0.0529. The van der Waals surface area contributed by atoms with Gasteiger partial charge in [0.1, 0.15) is 0 Å². The van der Waals surface area contributed by atoms with Crippen LogP contribution in [0, 0.1) is 0 Å². The van der Waals surface area contributed by atoms with Gasteiger partial charge in [0.05, 0.1) is 17.3 Å². The maximum atomic E-state index is 12.3. The molecule has 0 spiro atoms. The average Bonchev–Trinajstić information content (AvgIpc) is 3.01. The third-order valence-electron chi connectivity index (χ3n) is 3.68. The molecule has 1 saturated heterocycles. The fraction of sp³-hybridized carbons (Fsp3) is 0.533. The van der Waals surface area contributed by atoms with Crippen LogP contribution < -0.4 is 10.6 Å². The molecule has 1 heterocycles. The van der Waals surface area contributed by atoms with Crippen molar-refractivity contribution in [2.75, 3.05) is 24.2 Å². The summed E-state index contributed by atoms with van der Waals surface area (Å²) in [5.41, 5.74) is 1.26. The average molecular weight is 363 g/mol. The summed E-state index contributed by atoms with van der Waals surface area (Å²) in [5, 5.41) is 5.93. The lowest BCUT2D eigenvalue weighted by atomic mass is 10.0. The molecule has 0 radical (unpaired) electrons. The van der Waals surface area contributed by atoms with Crippen molar-refractivity contribution < 1.29 is 17.9 Å². The Bertz CT molecular complexity index is 643. The van der Waals surface area contributed by atoms with Gasteiger partial charge in [-0.1, -0.05) is 6.92 Å². The van der Waals surface area contributed by atoms with Gasteiger partial charge in [0.25, 0.3) is 0 Å². The Labute approximate surface area is 143 Å². The summed E-state index contributed by atoms with van der Waals surface area (Å²) in [4.78, 5) is 11.9. The van der Waals surface area contributed by atoms with Crippen LogP contribution >= 0.6 is 12.4 Å². The lowest BCUT2D eigenvalue weighted by molar-refractivity contribution is 0.168. The highest BCUT2D eigenvalue weighted by Crippen LogP contribution is 2.31. The zero-order chi connectivity index (χ0) is 16.2. The van der Waals surface area contributed by atoms with Gasteiger partial charge >= 0.3 is 6.09 Å². The Morgan fingerprint density at radius 2 is 2.13 bits per heavy atom. The number of sulfone groups is 1. The molecule has 8 heteroatoms. The molecule has 1 aliphatic rings. The number of ether oxygens (including phenoxy) is 1. The highest BCUT2D eigenvalue weighted by molar-refractivity contribution is 7.91. The summed E-state index contributed by atoms with van der Waals surface area (Å²) < 4.78 is 29.4. The van der Waals surface area contributed by atoms with Crippen molar-refractivity contribution in [2.45, 2.75) is 37.6 Å². The number of halogens is 1. The molecule has 1 amide bonds. The summed E-state index contributed by atoms with van der Waals surface area (Å²) in [6.07, 6.45) is 1.35. The van der Waals surface area contributed by atoms with E-state index >= 15 is 0 Å². The van der Waals surface area contributed by atoms with Gasteiger partial charge in [-0.25, -0.2) is 13.2 Å². The Balaban J connectivity index is 0.00000264. The quantitative estimate of drug-likeness (QED) is 0.841. The first-order valence-electron chi connectivity index (χ1n) is 7.51. The first-order valence-corrected chi connectivity index (χ1v) is 9.17. The molecule has 0 aliphatic carbocycles. The molecule has 1 fully saturated rings. The topological polar surface area (TPSA) is 84.5 Å². The number of nitrogens with one attached hydrogen (secondary N) is 2. The maximum absolute atomic E-state index is 12.3. The lowest BCUT2D eigenvalue weighted by Gasteiger charge is -2.17. The summed E-state index contributed by atoms with van der Waals surface area (Å²) in [7, 11) is -3.31. The molecule has 2 N–H and O–H groups in total. The van der Waals surface area contributed by atoms with Crippen LogP contribution in [0.2, 0.25) is 0 Å². The third kappa shape index (κ3) is 4.83. The number of carbonyl (C=O) groups is 1. The first-order chi connectivity index (χ1) is 10.5. The number of anilines is 1. The first kappa shape index (κ1) is 19.7. The van der Waals surface area contributed by atoms with Crippen LogP contribution in [0.15, 0.2) is 23.1 Å². The van der Waals surface area contributed by atoms with E-state index < -0.39 is 15.9 Å². The molecule has 1 aliphatic heterocycles. The number of hydrogen-bond donors (Lipinski definition) is 2. The number of carbonyl (C=O) groups excluding carboxylic acids is 1. The van der Waals surface area contributed by atoms with Gasteiger partial charge in [-0.3, -0.25) is 5.32 Å². The number of amides is 1.